The molecule has 0 spiro atoms. The Bertz CT molecular complexity index is 953. The first-order valence-corrected chi connectivity index (χ1v) is 8.61. The Balaban J connectivity index is 1.70. The standard InChI is InChI=1S/C20H20N4O4/c1-12-3-7-14(8-4-12)20(2)18(27)24(19(28)23-20)11-16(25)22-15-9-5-13(6-10-15)17(21)26/h3-10H,11H2,1-2H3,(H2,21,26)(H,22,25)(H,23,28)/t20-/m0/s1. The van der Waals surface area contributed by atoms with E-state index < -0.39 is 35.8 Å². The number of aryl methyl sites for hydroxylation is 1. The number of nitrogens with one attached hydrogen (secondary N) is 2. The lowest BCUT2D eigenvalue weighted by atomic mass is 9.91. The van der Waals surface area contributed by atoms with Crippen LogP contribution in [0, 0.1) is 6.92 Å². The van der Waals surface area contributed by atoms with Crippen molar-refractivity contribution in [3.63, 3.8) is 0 Å². The number of nitrogens with zero attached hydrogens (tertiary/aromatic N) is 1. The van der Waals surface area contributed by atoms with Crippen LogP contribution in [-0.2, 0) is 15.1 Å². The highest BCUT2D eigenvalue weighted by Gasteiger charge is 2.49. The Kier molecular flexibility index (Phi) is 4.87. The molecule has 144 valence electrons. The average molecular weight is 380 g/mol. The monoisotopic (exact) mass is 380 g/mol. The molecule has 0 unspecified atom stereocenters. The predicted octanol–water partition coefficient (Wildman–Crippen LogP) is 1.50. The van der Waals surface area contributed by atoms with Gasteiger partial charge >= 0.3 is 6.03 Å². The summed E-state index contributed by atoms with van der Waals surface area (Å²) in [7, 11) is 0. The molecule has 1 aliphatic rings. The van der Waals surface area contributed by atoms with Crippen molar-refractivity contribution in [2.75, 3.05) is 11.9 Å². The molecule has 1 heterocycles. The second-order valence-electron chi connectivity index (χ2n) is 6.80. The number of imide groups is 1. The number of carbonyl (C=O) groups is 4. The first kappa shape index (κ1) is 19.1. The smallest absolute Gasteiger partial charge is 0.325 e. The fourth-order valence-corrected chi connectivity index (χ4v) is 2.99. The molecule has 4 N–H and O–H groups in total. The van der Waals surface area contributed by atoms with Gasteiger partial charge in [0.25, 0.3) is 5.91 Å². The van der Waals surface area contributed by atoms with E-state index in [1.807, 2.05) is 19.1 Å². The van der Waals surface area contributed by atoms with Gasteiger partial charge in [-0.3, -0.25) is 19.3 Å². The fourth-order valence-electron chi connectivity index (χ4n) is 2.99. The van der Waals surface area contributed by atoms with Crippen LogP contribution in [0.15, 0.2) is 48.5 Å². The third-order valence-corrected chi connectivity index (χ3v) is 4.66. The average Bonchev–Trinajstić information content (AvgIpc) is 2.86. The lowest BCUT2D eigenvalue weighted by molar-refractivity contribution is -0.133. The molecule has 0 aliphatic carbocycles. The quantitative estimate of drug-likeness (QED) is 0.681. The lowest BCUT2D eigenvalue weighted by Crippen LogP contribution is -2.42. The van der Waals surface area contributed by atoms with Crippen molar-refractivity contribution in [3.8, 4) is 0 Å². The van der Waals surface area contributed by atoms with Gasteiger partial charge in [-0.25, -0.2) is 4.79 Å². The highest BCUT2D eigenvalue weighted by molar-refractivity contribution is 6.10. The van der Waals surface area contributed by atoms with Crippen LogP contribution in [-0.4, -0.2) is 35.2 Å². The van der Waals surface area contributed by atoms with E-state index in [1.165, 1.54) is 24.3 Å². The van der Waals surface area contributed by atoms with Crippen LogP contribution in [0.25, 0.3) is 0 Å². The fraction of sp³-hybridized carbons (Fsp3) is 0.200. The zero-order valence-electron chi connectivity index (χ0n) is 15.5. The molecule has 0 aromatic heterocycles. The van der Waals surface area contributed by atoms with E-state index in [1.54, 1.807) is 19.1 Å². The zero-order chi connectivity index (χ0) is 20.5. The summed E-state index contributed by atoms with van der Waals surface area (Å²) in [6.45, 7) is 3.11. The van der Waals surface area contributed by atoms with Crippen molar-refractivity contribution >= 4 is 29.4 Å². The number of nitrogens with two attached hydrogens (primary N) is 1. The van der Waals surface area contributed by atoms with Gasteiger partial charge in [-0.2, -0.15) is 0 Å². The van der Waals surface area contributed by atoms with E-state index in [2.05, 4.69) is 10.6 Å². The molecule has 3 rings (SSSR count). The normalized spacial score (nSPS) is 18.7. The lowest BCUT2D eigenvalue weighted by Gasteiger charge is -2.22. The summed E-state index contributed by atoms with van der Waals surface area (Å²) in [5.41, 5.74) is 6.34. The maximum absolute atomic E-state index is 12.8. The van der Waals surface area contributed by atoms with Crippen LogP contribution in [0.5, 0.6) is 0 Å². The Morgan fingerprint density at radius 1 is 1.07 bits per heavy atom. The molecule has 2 aromatic carbocycles. The Morgan fingerprint density at radius 2 is 1.68 bits per heavy atom. The zero-order valence-corrected chi connectivity index (χ0v) is 15.5. The minimum Gasteiger partial charge on any atom is -0.366 e. The van der Waals surface area contributed by atoms with E-state index in [4.69, 9.17) is 5.73 Å². The molecule has 1 saturated heterocycles. The molecule has 28 heavy (non-hydrogen) atoms. The number of hydrogen-bond donors (Lipinski definition) is 3. The molecule has 2 aromatic rings. The molecule has 1 atom stereocenters. The molecule has 1 fully saturated rings. The largest absolute Gasteiger partial charge is 0.366 e. The maximum Gasteiger partial charge on any atom is 0.325 e. The maximum atomic E-state index is 12.8. The molecule has 1 aliphatic heterocycles. The van der Waals surface area contributed by atoms with Crippen LogP contribution >= 0.6 is 0 Å². The van der Waals surface area contributed by atoms with Crippen LogP contribution in [0.4, 0.5) is 10.5 Å². The summed E-state index contributed by atoms with van der Waals surface area (Å²) < 4.78 is 0. The van der Waals surface area contributed by atoms with Gasteiger partial charge in [0.1, 0.15) is 12.1 Å². The van der Waals surface area contributed by atoms with Gasteiger partial charge in [0.05, 0.1) is 0 Å². The van der Waals surface area contributed by atoms with Crippen molar-refractivity contribution in [1.82, 2.24) is 10.2 Å². The van der Waals surface area contributed by atoms with Gasteiger partial charge in [-0.15, -0.1) is 0 Å². The van der Waals surface area contributed by atoms with Gasteiger partial charge in [-0.1, -0.05) is 29.8 Å². The SMILES string of the molecule is Cc1ccc([C@]2(C)NC(=O)N(CC(=O)Nc3ccc(C(N)=O)cc3)C2=O)cc1. The van der Waals surface area contributed by atoms with E-state index in [0.29, 0.717) is 16.8 Å². The first-order chi connectivity index (χ1) is 13.2. The van der Waals surface area contributed by atoms with Gasteiger partial charge in [0, 0.05) is 11.3 Å². The summed E-state index contributed by atoms with van der Waals surface area (Å²) in [6.07, 6.45) is 0. The van der Waals surface area contributed by atoms with Crippen LogP contribution in [0.2, 0.25) is 0 Å². The van der Waals surface area contributed by atoms with E-state index >= 15 is 0 Å². The van der Waals surface area contributed by atoms with E-state index in [-0.39, 0.29) is 0 Å². The number of amides is 5. The Labute approximate surface area is 161 Å². The Hall–Kier alpha value is -3.68. The number of primary amides is 1. The highest BCUT2D eigenvalue weighted by Crippen LogP contribution is 2.29. The Morgan fingerprint density at radius 3 is 2.25 bits per heavy atom. The second-order valence-corrected chi connectivity index (χ2v) is 6.80. The number of carbonyl (C=O) groups excluding carboxylic acids is 4. The number of hydrogen-bond acceptors (Lipinski definition) is 4. The van der Waals surface area contributed by atoms with E-state index in [9.17, 15) is 19.2 Å². The second kappa shape index (κ2) is 7.15. The molecule has 0 radical (unpaired) electrons. The van der Waals surface area contributed by atoms with Gasteiger partial charge in [0.2, 0.25) is 11.8 Å². The van der Waals surface area contributed by atoms with Gasteiger partial charge in [0.15, 0.2) is 0 Å². The summed E-state index contributed by atoms with van der Waals surface area (Å²) in [5.74, 6) is -1.61. The molecule has 0 saturated carbocycles. The van der Waals surface area contributed by atoms with Gasteiger partial charge < -0.3 is 16.4 Å². The molecular weight excluding hydrogens is 360 g/mol. The van der Waals surface area contributed by atoms with Crippen molar-refractivity contribution in [2.45, 2.75) is 19.4 Å². The number of anilines is 1. The minimum atomic E-state index is -1.23. The first-order valence-electron chi connectivity index (χ1n) is 8.61. The van der Waals surface area contributed by atoms with E-state index in [0.717, 1.165) is 10.5 Å². The third-order valence-electron chi connectivity index (χ3n) is 4.66. The minimum absolute atomic E-state index is 0.306. The summed E-state index contributed by atoms with van der Waals surface area (Å²) in [5, 5.41) is 5.25. The third kappa shape index (κ3) is 3.57. The topological polar surface area (TPSA) is 122 Å². The number of rotatable bonds is 5. The summed E-state index contributed by atoms with van der Waals surface area (Å²) in [6, 6.07) is 12.6. The highest BCUT2D eigenvalue weighted by atomic mass is 16.2. The molecule has 8 nitrogen and oxygen atoms in total. The summed E-state index contributed by atoms with van der Waals surface area (Å²) in [4.78, 5) is 49.4. The molecular formula is C20H20N4O4. The molecule has 5 amide bonds. The van der Waals surface area contributed by atoms with Gasteiger partial charge in [-0.05, 0) is 43.7 Å². The molecule has 0 bridgehead atoms. The van der Waals surface area contributed by atoms with Crippen molar-refractivity contribution in [1.29, 1.82) is 0 Å². The number of urea groups is 1. The number of benzene rings is 2. The van der Waals surface area contributed by atoms with Crippen molar-refractivity contribution < 1.29 is 19.2 Å². The van der Waals surface area contributed by atoms with Crippen LogP contribution in [0.1, 0.15) is 28.4 Å². The summed E-state index contributed by atoms with van der Waals surface area (Å²) >= 11 is 0. The van der Waals surface area contributed by atoms with Crippen molar-refractivity contribution in [2.24, 2.45) is 5.73 Å². The van der Waals surface area contributed by atoms with Crippen LogP contribution < -0.4 is 16.4 Å². The van der Waals surface area contributed by atoms with Crippen LogP contribution in [0.3, 0.4) is 0 Å². The molecule has 8 heteroatoms. The van der Waals surface area contributed by atoms with Crippen molar-refractivity contribution in [3.05, 3.63) is 65.2 Å². The predicted molar refractivity (Wildman–Crippen MR) is 102 cm³/mol.